The first-order valence-electron chi connectivity index (χ1n) is 8.16. The summed E-state index contributed by atoms with van der Waals surface area (Å²) < 4.78 is 33.4. The van der Waals surface area contributed by atoms with Crippen LogP contribution in [0.25, 0.3) is 10.9 Å². The van der Waals surface area contributed by atoms with E-state index in [9.17, 15) is 18.0 Å². The van der Waals surface area contributed by atoms with E-state index < -0.39 is 12.1 Å². The first-order valence-corrected chi connectivity index (χ1v) is 8.16. The molecular weight excluding hydrogens is 349 g/mol. The number of hydrogen-bond donors (Lipinski definition) is 1. The van der Waals surface area contributed by atoms with Crippen LogP contribution >= 0.6 is 0 Å². The highest BCUT2D eigenvalue weighted by molar-refractivity contribution is 5.96. The van der Waals surface area contributed by atoms with Crippen LogP contribution in [-0.4, -0.2) is 29.2 Å². The number of aromatic nitrogens is 1. The number of nitrogens with zero attached hydrogens (tertiary/aromatic N) is 1. The van der Waals surface area contributed by atoms with E-state index in [0.717, 1.165) is 24.9 Å². The van der Waals surface area contributed by atoms with Gasteiger partial charge in [-0.25, -0.2) is 0 Å². The number of aliphatic carboxylic acids is 1. The van der Waals surface area contributed by atoms with Crippen molar-refractivity contribution in [3.05, 3.63) is 36.0 Å². The number of hydrogen-bond acceptors (Lipinski definition) is 3. The van der Waals surface area contributed by atoms with Gasteiger partial charge in [0.25, 0.3) is 0 Å². The summed E-state index contributed by atoms with van der Waals surface area (Å²) in [5.74, 6) is -2.84. The van der Waals surface area contributed by atoms with Crippen molar-refractivity contribution in [1.82, 2.24) is 4.57 Å². The third kappa shape index (κ3) is 5.08. The molecule has 1 heterocycles. The molecule has 0 saturated heterocycles. The highest BCUT2D eigenvalue weighted by atomic mass is 19.4. The summed E-state index contributed by atoms with van der Waals surface area (Å²) in [4.78, 5) is 21.5. The van der Waals surface area contributed by atoms with Crippen molar-refractivity contribution < 1.29 is 33.6 Å². The molecule has 0 aliphatic heterocycles. The maximum Gasteiger partial charge on any atom is 0.430 e. The van der Waals surface area contributed by atoms with E-state index in [1.54, 1.807) is 0 Å². The Morgan fingerprint density at radius 1 is 1.19 bits per heavy atom. The maximum absolute atomic E-state index is 12.7. The predicted octanol–water partition coefficient (Wildman–Crippen LogP) is 1.80. The van der Waals surface area contributed by atoms with Crippen LogP contribution in [-0.2, 0) is 11.2 Å². The van der Waals surface area contributed by atoms with Crippen molar-refractivity contribution in [1.29, 1.82) is 0 Å². The smallest absolute Gasteiger partial charge is 0.430 e. The quantitative estimate of drug-likeness (QED) is 0.887. The molecule has 2 rings (SSSR count). The normalized spacial score (nSPS) is 11.8. The molecule has 0 unspecified atom stereocenters. The summed E-state index contributed by atoms with van der Waals surface area (Å²) in [6.45, 7) is 6.91. The molecule has 144 valence electrons. The lowest BCUT2D eigenvalue weighted by Crippen LogP contribution is -2.51. The molecule has 0 atom stereocenters. The SMILES string of the molecule is CCC(C)(C)C(=O)n1cc(CC[NH3+])c2ccccc21.O=C([O-])C(F)(F)F. The number of fused-ring (bicyclic) bond motifs is 1. The van der Waals surface area contributed by atoms with Crippen molar-refractivity contribution in [3.8, 4) is 0 Å². The van der Waals surface area contributed by atoms with Gasteiger partial charge in [0, 0.05) is 23.4 Å². The van der Waals surface area contributed by atoms with Gasteiger partial charge < -0.3 is 15.6 Å². The number of benzene rings is 1. The van der Waals surface area contributed by atoms with E-state index >= 15 is 0 Å². The minimum Gasteiger partial charge on any atom is -0.542 e. The molecule has 8 heteroatoms. The highest BCUT2D eigenvalue weighted by Crippen LogP contribution is 2.28. The second kappa shape index (κ2) is 8.35. The van der Waals surface area contributed by atoms with Gasteiger partial charge in [0.2, 0.25) is 5.91 Å². The fraction of sp³-hybridized carbons (Fsp3) is 0.444. The minimum absolute atomic E-state index is 0.168. The molecule has 0 fully saturated rings. The third-order valence-electron chi connectivity index (χ3n) is 4.15. The molecule has 0 saturated carbocycles. The molecule has 5 nitrogen and oxygen atoms in total. The maximum atomic E-state index is 12.7. The molecule has 26 heavy (non-hydrogen) atoms. The van der Waals surface area contributed by atoms with Gasteiger partial charge in [0.15, 0.2) is 0 Å². The number of carboxylic acids is 1. The summed E-state index contributed by atoms with van der Waals surface area (Å²) in [7, 11) is 0. The first-order chi connectivity index (χ1) is 12.0. The van der Waals surface area contributed by atoms with Crippen molar-refractivity contribution in [3.63, 3.8) is 0 Å². The summed E-state index contributed by atoms with van der Waals surface area (Å²) in [5, 5.41) is 9.96. The molecule has 0 aliphatic rings. The summed E-state index contributed by atoms with van der Waals surface area (Å²) in [6.07, 6.45) is -1.45. The molecule has 0 spiro atoms. The number of carbonyl (C=O) groups is 2. The van der Waals surface area contributed by atoms with Gasteiger partial charge in [-0.3, -0.25) is 9.36 Å². The fourth-order valence-corrected chi connectivity index (χ4v) is 2.29. The van der Waals surface area contributed by atoms with Crippen LogP contribution in [0.5, 0.6) is 0 Å². The Kier molecular flexibility index (Phi) is 6.97. The second-order valence-corrected chi connectivity index (χ2v) is 6.47. The van der Waals surface area contributed by atoms with Crippen LogP contribution in [0, 0.1) is 5.41 Å². The number of carboxylic acid groups (broad SMARTS) is 1. The molecule has 0 aliphatic carbocycles. The lowest BCUT2D eigenvalue weighted by atomic mass is 9.89. The second-order valence-electron chi connectivity index (χ2n) is 6.47. The van der Waals surface area contributed by atoms with Gasteiger partial charge in [0.1, 0.15) is 5.97 Å². The fourth-order valence-electron chi connectivity index (χ4n) is 2.29. The van der Waals surface area contributed by atoms with Gasteiger partial charge >= 0.3 is 6.18 Å². The highest BCUT2D eigenvalue weighted by Gasteiger charge is 2.29. The summed E-state index contributed by atoms with van der Waals surface area (Å²) in [5.41, 5.74) is 5.81. The average molecular weight is 372 g/mol. The first kappa shape index (κ1) is 21.7. The summed E-state index contributed by atoms with van der Waals surface area (Å²) >= 11 is 0. The van der Waals surface area contributed by atoms with Crippen LogP contribution in [0.15, 0.2) is 30.5 Å². The Bertz CT molecular complexity index is 780. The Morgan fingerprint density at radius 3 is 2.19 bits per heavy atom. The molecule has 1 aromatic heterocycles. The average Bonchev–Trinajstić information content (AvgIpc) is 2.93. The van der Waals surface area contributed by atoms with E-state index in [-0.39, 0.29) is 11.3 Å². The van der Waals surface area contributed by atoms with Gasteiger partial charge in [-0.1, -0.05) is 39.0 Å². The van der Waals surface area contributed by atoms with Gasteiger partial charge in [-0.2, -0.15) is 13.2 Å². The zero-order chi connectivity index (χ0) is 20.1. The van der Waals surface area contributed by atoms with Gasteiger partial charge in [0.05, 0.1) is 12.1 Å². The Hall–Kier alpha value is -2.35. The van der Waals surface area contributed by atoms with Crippen LogP contribution in [0.4, 0.5) is 13.2 Å². The Labute approximate surface area is 149 Å². The number of para-hydroxylation sites is 1. The van der Waals surface area contributed by atoms with Crippen LogP contribution in [0.2, 0.25) is 0 Å². The van der Waals surface area contributed by atoms with Crippen LogP contribution < -0.4 is 10.8 Å². The van der Waals surface area contributed by atoms with E-state index in [1.807, 2.05) is 42.8 Å². The van der Waals surface area contributed by atoms with E-state index in [2.05, 4.69) is 18.7 Å². The molecule has 0 radical (unpaired) electrons. The van der Waals surface area contributed by atoms with Crippen LogP contribution in [0.3, 0.4) is 0 Å². The molecule has 1 aromatic carbocycles. The standard InChI is InChI=1S/C16H22N2O.C2HF3O2/c1-4-16(2,3)15(19)18-11-12(9-10-17)13-7-5-6-8-14(13)18;3-2(4,5)1(6)7/h5-8,11H,4,9-10,17H2,1-3H3;(H,6,7). The van der Waals surface area contributed by atoms with E-state index in [1.165, 1.54) is 10.9 Å². The number of rotatable bonds is 4. The van der Waals surface area contributed by atoms with Crippen molar-refractivity contribution in [2.75, 3.05) is 6.54 Å². The van der Waals surface area contributed by atoms with Crippen molar-refractivity contribution >= 4 is 22.8 Å². The molecular formula is C18H23F3N2O3. The summed E-state index contributed by atoms with van der Waals surface area (Å²) in [6, 6.07) is 8.11. The topological polar surface area (TPSA) is 89.8 Å². The largest absolute Gasteiger partial charge is 0.542 e. The van der Waals surface area contributed by atoms with Crippen LogP contribution in [0.1, 0.15) is 37.6 Å². The third-order valence-corrected chi connectivity index (χ3v) is 4.15. The predicted molar refractivity (Wildman–Crippen MR) is 89.2 cm³/mol. The Morgan fingerprint density at radius 2 is 1.73 bits per heavy atom. The molecule has 0 bridgehead atoms. The zero-order valence-electron chi connectivity index (χ0n) is 15.0. The molecule has 0 amide bonds. The minimum atomic E-state index is -5.19. The lowest BCUT2D eigenvalue weighted by molar-refractivity contribution is -0.366. The number of halogens is 3. The van der Waals surface area contributed by atoms with Gasteiger partial charge in [-0.05, 0) is 18.1 Å². The van der Waals surface area contributed by atoms with E-state index in [4.69, 9.17) is 9.90 Å². The Balaban J connectivity index is 0.000000412. The van der Waals surface area contributed by atoms with E-state index in [0.29, 0.717) is 0 Å². The van der Waals surface area contributed by atoms with Gasteiger partial charge in [-0.15, -0.1) is 0 Å². The molecule has 3 N–H and O–H groups in total. The lowest BCUT2D eigenvalue weighted by Gasteiger charge is -2.21. The van der Waals surface area contributed by atoms with Crippen molar-refractivity contribution in [2.45, 2.75) is 39.8 Å². The monoisotopic (exact) mass is 372 g/mol. The molecule has 2 aromatic rings. The number of alkyl halides is 3. The van der Waals surface area contributed by atoms with Crippen molar-refractivity contribution in [2.24, 2.45) is 5.41 Å². The zero-order valence-corrected chi connectivity index (χ0v) is 15.0. The number of quaternary nitrogens is 1. The number of carbonyl (C=O) groups excluding carboxylic acids is 2.